The third-order valence-corrected chi connectivity index (χ3v) is 4.94. The van der Waals surface area contributed by atoms with Gasteiger partial charge in [0.15, 0.2) is 0 Å². The maximum Gasteiger partial charge on any atom is 0.240 e. The van der Waals surface area contributed by atoms with Crippen molar-refractivity contribution in [1.29, 1.82) is 0 Å². The summed E-state index contributed by atoms with van der Waals surface area (Å²) in [7, 11) is -3.34. The van der Waals surface area contributed by atoms with Gasteiger partial charge in [-0.25, -0.2) is 13.1 Å². The van der Waals surface area contributed by atoms with Crippen LogP contribution in [0.4, 0.5) is 0 Å². The highest BCUT2D eigenvalue weighted by molar-refractivity contribution is 7.89. The lowest BCUT2D eigenvalue weighted by Crippen LogP contribution is -2.32. The van der Waals surface area contributed by atoms with Gasteiger partial charge in [0.25, 0.3) is 0 Å². The van der Waals surface area contributed by atoms with E-state index in [2.05, 4.69) is 4.72 Å². The predicted octanol–water partition coefficient (Wildman–Crippen LogP) is 2.25. The summed E-state index contributed by atoms with van der Waals surface area (Å²) in [6, 6.07) is 5.48. The lowest BCUT2D eigenvalue weighted by atomic mass is 10.1. The van der Waals surface area contributed by atoms with Crippen LogP contribution in [-0.4, -0.2) is 14.5 Å². The van der Waals surface area contributed by atoms with Gasteiger partial charge < -0.3 is 0 Å². The first kappa shape index (κ1) is 12.6. The van der Waals surface area contributed by atoms with Crippen molar-refractivity contribution in [2.75, 3.05) is 0 Å². The topological polar surface area (TPSA) is 46.2 Å². The molecule has 0 saturated heterocycles. The molecule has 4 heteroatoms. The summed E-state index contributed by atoms with van der Waals surface area (Å²) >= 11 is 0. The van der Waals surface area contributed by atoms with E-state index in [-0.39, 0.29) is 6.04 Å². The van der Waals surface area contributed by atoms with Gasteiger partial charge in [-0.05, 0) is 55.9 Å². The number of nitrogens with one attached hydrogen (secondary N) is 1. The molecule has 1 aromatic rings. The molecule has 0 aromatic heterocycles. The Morgan fingerprint density at radius 2 is 2.00 bits per heavy atom. The van der Waals surface area contributed by atoms with Crippen LogP contribution in [0.1, 0.15) is 37.8 Å². The van der Waals surface area contributed by atoms with Crippen molar-refractivity contribution in [3.05, 3.63) is 29.3 Å². The minimum atomic E-state index is -3.34. The molecular formula is C13H19NO2S. The molecule has 0 amide bonds. The second-order valence-electron chi connectivity index (χ2n) is 4.71. The van der Waals surface area contributed by atoms with Crippen molar-refractivity contribution >= 4 is 10.0 Å². The summed E-state index contributed by atoms with van der Waals surface area (Å²) in [4.78, 5) is 0.401. The van der Waals surface area contributed by atoms with Crippen LogP contribution in [0, 0.1) is 0 Å². The van der Waals surface area contributed by atoms with E-state index in [4.69, 9.17) is 0 Å². The van der Waals surface area contributed by atoms with E-state index in [0.717, 1.165) is 25.7 Å². The molecule has 0 radical (unpaired) electrons. The molecule has 17 heavy (non-hydrogen) atoms. The molecule has 0 fully saturated rings. The quantitative estimate of drug-likeness (QED) is 0.894. The van der Waals surface area contributed by atoms with Crippen molar-refractivity contribution in [2.24, 2.45) is 0 Å². The normalized spacial score (nSPS) is 16.8. The van der Waals surface area contributed by atoms with E-state index in [1.165, 1.54) is 11.1 Å². The van der Waals surface area contributed by atoms with Gasteiger partial charge >= 0.3 is 0 Å². The molecular weight excluding hydrogens is 234 g/mol. The maximum absolute atomic E-state index is 12.1. The molecule has 3 nitrogen and oxygen atoms in total. The monoisotopic (exact) mass is 253 g/mol. The van der Waals surface area contributed by atoms with Crippen molar-refractivity contribution in [3.8, 4) is 0 Å². The van der Waals surface area contributed by atoms with E-state index in [1.807, 2.05) is 26.0 Å². The first-order chi connectivity index (χ1) is 8.03. The van der Waals surface area contributed by atoms with E-state index < -0.39 is 10.0 Å². The van der Waals surface area contributed by atoms with E-state index >= 15 is 0 Å². The van der Waals surface area contributed by atoms with Gasteiger partial charge in [0, 0.05) is 6.04 Å². The van der Waals surface area contributed by atoms with Crippen LogP contribution in [0.25, 0.3) is 0 Å². The van der Waals surface area contributed by atoms with Gasteiger partial charge in [-0.2, -0.15) is 0 Å². The zero-order valence-corrected chi connectivity index (χ0v) is 11.2. The molecule has 1 aliphatic carbocycles. The molecule has 0 spiro atoms. The van der Waals surface area contributed by atoms with Crippen LogP contribution in [0.15, 0.2) is 23.1 Å². The molecule has 0 heterocycles. The fraction of sp³-hybridized carbons (Fsp3) is 0.538. The Bertz CT molecular complexity index is 508. The van der Waals surface area contributed by atoms with Crippen molar-refractivity contribution in [1.82, 2.24) is 4.72 Å². The van der Waals surface area contributed by atoms with Crippen LogP contribution < -0.4 is 4.72 Å². The van der Waals surface area contributed by atoms with E-state index in [0.29, 0.717) is 4.90 Å². The van der Waals surface area contributed by atoms with Crippen LogP contribution in [0.5, 0.6) is 0 Å². The number of aryl methyl sites for hydroxylation is 2. The highest BCUT2D eigenvalue weighted by atomic mass is 32.2. The van der Waals surface area contributed by atoms with Crippen LogP contribution in [-0.2, 0) is 22.9 Å². The van der Waals surface area contributed by atoms with Gasteiger partial charge in [-0.1, -0.05) is 13.0 Å². The molecule has 94 valence electrons. The molecule has 1 N–H and O–H groups in total. The minimum absolute atomic E-state index is 0.0201. The molecule has 2 rings (SSSR count). The number of benzene rings is 1. The average molecular weight is 253 g/mol. The summed E-state index contributed by atoms with van der Waals surface area (Å²) in [6.45, 7) is 3.85. The summed E-state index contributed by atoms with van der Waals surface area (Å²) in [5.74, 6) is 0. The van der Waals surface area contributed by atoms with Crippen molar-refractivity contribution in [2.45, 2.75) is 50.5 Å². The third-order valence-electron chi connectivity index (χ3n) is 3.35. The second kappa shape index (κ2) is 4.78. The van der Waals surface area contributed by atoms with Crippen molar-refractivity contribution in [3.63, 3.8) is 0 Å². The highest BCUT2D eigenvalue weighted by Crippen LogP contribution is 2.24. The Morgan fingerprint density at radius 3 is 2.71 bits per heavy atom. The van der Waals surface area contributed by atoms with Crippen LogP contribution in [0.2, 0.25) is 0 Å². The Hall–Kier alpha value is -0.870. The fourth-order valence-electron chi connectivity index (χ4n) is 2.13. The smallest absolute Gasteiger partial charge is 0.208 e. The number of rotatable bonds is 4. The van der Waals surface area contributed by atoms with Gasteiger partial charge in [0.05, 0.1) is 4.90 Å². The molecule has 0 bridgehead atoms. The summed E-state index contributed by atoms with van der Waals surface area (Å²) in [6.07, 6.45) is 4.01. The number of fused-ring (bicyclic) bond motifs is 1. The largest absolute Gasteiger partial charge is 0.240 e. The van der Waals surface area contributed by atoms with Crippen LogP contribution >= 0.6 is 0 Å². The lowest BCUT2D eigenvalue weighted by molar-refractivity contribution is 0.556. The number of sulfonamides is 1. The fourth-order valence-corrected chi connectivity index (χ4v) is 3.51. The number of hydrogen-bond acceptors (Lipinski definition) is 2. The van der Waals surface area contributed by atoms with E-state index in [9.17, 15) is 8.42 Å². The molecule has 1 atom stereocenters. The van der Waals surface area contributed by atoms with Gasteiger partial charge in [0.2, 0.25) is 10.0 Å². The summed E-state index contributed by atoms with van der Waals surface area (Å²) < 4.78 is 26.9. The third kappa shape index (κ3) is 2.69. The Morgan fingerprint density at radius 1 is 1.29 bits per heavy atom. The second-order valence-corrected chi connectivity index (χ2v) is 6.43. The predicted molar refractivity (Wildman–Crippen MR) is 68.5 cm³/mol. The molecule has 0 saturated carbocycles. The molecule has 1 aliphatic rings. The zero-order chi connectivity index (χ0) is 12.5. The Kier molecular flexibility index (Phi) is 3.54. The first-order valence-electron chi connectivity index (χ1n) is 6.17. The standard InChI is InChI=1S/C13H19NO2S/c1-3-10(2)14-17(15,16)13-8-7-11-5-4-6-12(11)9-13/h7-10,14H,3-6H2,1-2H3/t10-/m1/s1. The van der Waals surface area contributed by atoms with Gasteiger partial charge in [-0.3, -0.25) is 0 Å². The molecule has 0 aliphatic heterocycles. The zero-order valence-electron chi connectivity index (χ0n) is 10.4. The summed E-state index contributed by atoms with van der Waals surface area (Å²) in [5.41, 5.74) is 2.49. The highest BCUT2D eigenvalue weighted by Gasteiger charge is 2.19. The Labute approximate surface area is 103 Å². The Balaban J connectivity index is 2.28. The average Bonchev–Trinajstić information content (AvgIpc) is 2.75. The minimum Gasteiger partial charge on any atom is -0.208 e. The van der Waals surface area contributed by atoms with Gasteiger partial charge in [0.1, 0.15) is 0 Å². The van der Waals surface area contributed by atoms with Crippen LogP contribution in [0.3, 0.4) is 0 Å². The SMILES string of the molecule is CC[C@@H](C)NS(=O)(=O)c1ccc2c(c1)CCC2. The maximum atomic E-state index is 12.1. The lowest BCUT2D eigenvalue weighted by Gasteiger charge is -2.12. The summed E-state index contributed by atoms with van der Waals surface area (Å²) in [5, 5.41) is 0. The van der Waals surface area contributed by atoms with E-state index in [1.54, 1.807) is 6.07 Å². The molecule has 0 unspecified atom stereocenters. The van der Waals surface area contributed by atoms with Gasteiger partial charge in [-0.15, -0.1) is 0 Å². The first-order valence-corrected chi connectivity index (χ1v) is 7.65. The molecule has 1 aromatic carbocycles. The number of hydrogen-bond donors (Lipinski definition) is 1. The van der Waals surface area contributed by atoms with Crippen molar-refractivity contribution < 1.29 is 8.42 Å².